The summed E-state index contributed by atoms with van der Waals surface area (Å²) in [6.07, 6.45) is 2.85. The van der Waals surface area contributed by atoms with Crippen molar-refractivity contribution in [1.29, 1.82) is 0 Å². The molecule has 0 saturated heterocycles. The monoisotopic (exact) mass is 196 g/mol. The predicted molar refractivity (Wildman–Crippen MR) is 56.9 cm³/mol. The Hall–Kier alpha value is -0.900. The minimum atomic E-state index is 0.345. The van der Waals surface area contributed by atoms with E-state index in [2.05, 4.69) is 35.5 Å². The molecule has 0 amide bonds. The lowest BCUT2D eigenvalue weighted by atomic mass is 9.96. The van der Waals surface area contributed by atoms with Gasteiger partial charge in [0.1, 0.15) is 12.2 Å². The first-order valence-electron chi connectivity index (χ1n) is 5.26. The molecule has 0 saturated carbocycles. The van der Waals surface area contributed by atoms with Crippen LogP contribution >= 0.6 is 0 Å². The summed E-state index contributed by atoms with van der Waals surface area (Å²) in [5.41, 5.74) is 5.75. The standard InChI is InChI=1S/C10H20N4/c1-4-14-7-12-13-10(14)9(6-11)5-8(2)3/h7-9H,4-6,11H2,1-3H3. The number of nitrogens with zero attached hydrogens (tertiary/aromatic N) is 3. The quantitative estimate of drug-likeness (QED) is 0.774. The van der Waals surface area contributed by atoms with E-state index in [4.69, 9.17) is 5.73 Å². The van der Waals surface area contributed by atoms with Gasteiger partial charge >= 0.3 is 0 Å². The van der Waals surface area contributed by atoms with Gasteiger partial charge in [-0.05, 0) is 19.3 Å². The highest BCUT2D eigenvalue weighted by Crippen LogP contribution is 2.20. The van der Waals surface area contributed by atoms with Crippen molar-refractivity contribution >= 4 is 0 Å². The Morgan fingerprint density at radius 2 is 2.21 bits per heavy atom. The van der Waals surface area contributed by atoms with Crippen LogP contribution in [-0.4, -0.2) is 21.3 Å². The van der Waals surface area contributed by atoms with Crippen LogP contribution in [0.15, 0.2) is 6.33 Å². The number of aryl methyl sites for hydroxylation is 1. The maximum absolute atomic E-state index is 5.75. The number of hydrogen-bond acceptors (Lipinski definition) is 3. The van der Waals surface area contributed by atoms with Crippen LogP contribution in [0.2, 0.25) is 0 Å². The van der Waals surface area contributed by atoms with Gasteiger partial charge < -0.3 is 10.3 Å². The Labute approximate surface area is 85.5 Å². The number of aromatic nitrogens is 3. The molecule has 0 aliphatic heterocycles. The topological polar surface area (TPSA) is 56.7 Å². The summed E-state index contributed by atoms with van der Waals surface area (Å²) >= 11 is 0. The summed E-state index contributed by atoms with van der Waals surface area (Å²) in [5, 5.41) is 8.07. The third kappa shape index (κ3) is 2.54. The van der Waals surface area contributed by atoms with Gasteiger partial charge in [0, 0.05) is 19.0 Å². The second-order valence-corrected chi connectivity index (χ2v) is 4.04. The molecule has 0 aromatic carbocycles. The van der Waals surface area contributed by atoms with Crippen molar-refractivity contribution in [3.05, 3.63) is 12.2 Å². The summed E-state index contributed by atoms with van der Waals surface area (Å²) in [6.45, 7) is 8.06. The van der Waals surface area contributed by atoms with Gasteiger partial charge in [0.15, 0.2) is 0 Å². The van der Waals surface area contributed by atoms with E-state index in [0.29, 0.717) is 18.4 Å². The van der Waals surface area contributed by atoms with E-state index in [9.17, 15) is 0 Å². The first-order valence-corrected chi connectivity index (χ1v) is 5.26. The highest BCUT2D eigenvalue weighted by molar-refractivity contribution is 4.97. The molecule has 0 spiro atoms. The SMILES string of the molecule is CCn1cnnc1C(CN)CC(C)C. The summed E-state index contributed by atoms with van der Waals surface area (Å²) in [7, 11) is 0. The second kappa shape index (κ2) is 5.10. The highest BCUT2D eigenvalue weighted by Gasteiger charge is 2.16. The summed E-state index contributed by atoms with van der Waals surface area (Å²) in [5.74, 6) is 2.02. The molecule has 1 heterocycles. The van der Waals surface area contributed by atoms with Crippen LogP contribution < -0.4 is 5.73 Å². The second-order valence-electron chi connectivity index (χ2n) is 4.04. The van der Waals surface area contributed by atoms with Crippen LogP contribution in [0, 0.1) is 5.92 Å². The van der Waals surface area contributed by atoms with Gasteiger partial charge in [0.05, 0.1) is 0 Å². The average molecular weight is 196 g/mol. The normalized spacial score (nSPS) is 13.5. The first-order chi connectivity index (χ1) is 6.69. The summed E-state index contributed by atoms with van der Waals surface area (Å²) in [4.78, 5) is 0. The molecule has 0 aliphatic rings. The average Bonchev–Trinajstić information content (AvgIpc) is 2.61. The van der Waals surface area contributed by atoms with Crippen molar-refractivity contribution < 1.29 is 0 Å². The van der Waals surface area contributed by atoms with E-state index in [1.807, 2.05) is 0 Å². The summed E-state index contributed by atoms with van der Waals surface area (Å²) < 4.78 is 2.07. The van der Waals surface area contributed by atoms with Crippen LogP contribution in [0.4, 0.5) is 0 Å². The van der Waals surface area contributed by atoms with E-state index in [1.54, 1.807) is 6.33 Å². The van der Waals surface area contributed by atoms with Gasteiger partial charge in [-0.15, -0.1) is 10.2 Å². The Bertz CT molecular complexity index is 267. The zero-order valence-electron chi connectivity index (χ0n) is 9.27. The molecular weight excluding hydrogens is 176 g/mol. The lowest BCUT2D eigenvalue weighted by molar-refractivity contribution is 0.471. The van der Waals surface area contributed by atoms with Crippen molar-refractivity contribution in [3.63, 3.8) is 0 Å². The minimum Gasteiger partial charge on any atom is -0.330 e. The number of nitrogens with two attached hydrogens (primary N) is 1. The smallest absolute Gasteiger partial charge is 0.137 e. The van der Waals surface area contributed by atoms with Crippen LogP contribution in [0.5, 0.6) is 0 Å². The molecule has 14 heavy (non-hydrogen) atoms. The van der Waals surface area contributed by atoms with E-state index >= 15 is 0 Å². The van der Waals surface area contributed by atoms with Crippen LogP contribution in [0.25, 0.3) is 0 Å². The van der Waals surface area contributed by atoms with Crippen LogP contribution in [-0.2, 0) is 6.54 Å². The molecule has 0 fully saturated rings. The van der Waals surface area contributed by atoms with E-state index in [0.717, 1.165) is 18.8 Å². The number of rotatable bonds is 5. The third-order valence-electron chi connectivity index (χ3n) is 2.39. The zero-order chi connectivity index (χ0) is 10.6. The molecule has 4 nitrogen and oxygen atoms in total. The maximum Gasteiger partial charge on any atom is 0.137 e. The molecule has 1 rings (SSSR count). The Kier molecular flexibility index (Phi) is 4.07. The Balaban J connectivity index is 2.77. The van der Waals surface area contributed by atoms with Gasteiger partial charge in [-0.2, -0.15) is 0 Å². The fourth-order valence-corrected chi connectivity index (χ4v) is 1.70. The van der Waals surface area contributed by atoms with Gasteiger partial charge in [-0.25, -0.2) is 0 Å². The maximum atomic E-state index is 5.75. The van der Waals surface area contributed by atoms with Gasteiger partial charge in [0.2, 0.25) is 0 Å². The molecule has 4 heteroatoms. The van der Waals surface area contributed by atoms with Gasteiger partial charge in [-0.3, -0.25) is 0 Å². The van der Waals surface area contributed by atoms with Crippen LogP contribution in [0.1, 0.15) is 38.9 Å². The van der Waals surface area contributed by atoms with Crippen molar-refractivity contribution in [2.24, 2.45) is 11.7 Å². The van der Waals surface area contributed by atoms with Crippen molar-refractivity contribution in [3.8, 4) is 0 Å². The molecule has 0 aliphatic carbocycles. The fourth-order valence-electron chi connectivity index (χ4n) is 1.70. The fraction of sp³-hybridized carbons (Fsp3) is 0.800. The molecule has 80 valence electrons. The molecule has 1 unspecified atom stereocenters. The van der Waals surface area contributed by atoms with Crippen LogP contribution in [0.3, 0.4) is 0 Å². The Morgan fingerprint density at radius 3 is 2.71 bits per heavy atom. The molecule has 0 bridgehead atoms. The molecule has 1 atom stereocenters. The van der Waals surface area contributed by atoms with E-state index in [1.165, 1.54) is 0 Å². The van der Waals surface area contributed by atoms with Crippen molar-refractivity contribution in [2.75, 3.05) is 6.54 Å². The van der Waals surface area contributed by atoms with Gasteiger partial charge in [0.25, 0.3) is 0 Å². The molecule has 1 aromatic rings. The summed E-state index contributed by atoms with van der Waals surface area (Å²) in [6, 6.07) is 0. The zero-order valence-corrected chi connectivity index (χ0v) is 9.27. The Morgan fingerprint density at radius 1 is 1.50 bits per heavy atom. The lowest BCUT2D eigenvalue weighted by Crippen LogP contribution is -2.18. The highest BCUT2D eigenvalue weighted by atomic mass is 15.3. The third-order valence-corrected chi connectivity index (χ3v) is 2.39. The number of hydrogen-bond donors (Lipinski definition) is 1. The van der Waals surface area contributed by atoms with E-state index < -0.39 is 0 Å². The minimum absolute atomic E-state index is 0.345. The molecular formula is C10H20N4. The van der Waals surface area contributed by atoms with Gasteiger partial charge in [-0.1, -0.05) is 13.8 Å². The first kappa shape index (κ1) is 11.2. The molecule has 0 radical (unpaired) electrons. The van der Waals surface area contributed by atoms with E-state index in [-0.39, 0.29) is 0 Å². The lowest BCUT2D eigenvalue weighted by Gasteiger charge is -2.16. The van der Waals surface area contributed by atoms with Crippen molar-refractivity contribution in [2.45, 2.75) is 39.7 Å². The molecule has 2 N–H and O–H groups in total. The van der Waals surface area contributed by atoms with Crippen molar-refractivity contribution in [1.82, 2.24) is 14.8 Å². The molecule has 1 aromatic heterocycles. The largest absolute Gasteiger partial charge is 0.330 e. The predicted octanol–water partition coefficient (Wildman–Crippen LogP) is 1.39.